The van der Waals surface area contributed by atoms with Gasteiger partial charge in [0.15, 0.2) is 5.78 Å². The lowest BCUT2D eigenvalue weighted by Crippen LogP contribution is -2.25. The zero-order chi connectivity index (χ0) is 16.0. The SMILES string of the molecule is CC(=O)c1cnc(Nc2cccc(F)c2)c2c1C1CCC2CC1. The van der Waals surface area contributed by atoms with E-state index in [1.54, 1.807) is 19.2 Å². The summed E-state index contributed by atoms with van der Waals surface area (Å²) in [4.78, 5) is 16.5. The molecular weight excluding hydrogens is 291 g/mol. The van der Waals surface area contributed by atoms with Crippen molar-refractivity contribution >= 4 is 17.3 Å². The molecule has 1 aromatic heterocycles. The molecule has 3 aliphatic carbocycles. The number of pyridine rings is 1. The lowest BCUT2D eigenvalue weighted by molar-refractivity contribution is 0.101. The highest BCUT2D eigenvalue weighted by Gasteiger charge is 2.37. The summed E-state index contributed by atoms with van der Waals surface area (Å²) < 4.78 is 13.4. The number of nitrogens with one attached hydrogen (secondary N) is 1. The van der Waals surface area contributed by atoms with E-state index < -0.39 is 0 Å². The van der Waals surface area contributed by atoms with Crippen molar-refractivity contribution in [2.24, 2.45) is 0 Å². The van der Waals surface area contributed by atoms with Crippen LogP contribution in [0.25, 0.3) is 0 Å². The molecule has 0 spiro atoms. The van der Waals surface area contributed by atoms with Crippen molar-refractivity contribution in [2.75, 3.05) is 5.32 Å². The maximum atomic E-state index is 13.4. The van der Waals surface area contributed by atoms with Crippen molar-refractivity contribution in [1.82, 2.24) is 4.98 Å². The Hall–Kier alpha value is -2.23. The summed E-state index contributed by atoms with van der Waals surface area (Å²) in [6, 6.07) is 6.40. The number of fused-ring (bicyclic) bond motifs is 2. The number of hydrogen-bond acceptors (Lipinski definition) is 3. The van der Waals surface area contributed by atoms with E-state index in [-0.39, 0.29) is 11.6 Å². The molecule has 0 saturated heterocycles. The number of hydrogen-bond donors (Lipinski definition) is 1. The van der Waals surface area contributed by atoms with Gasteiger partial charge in [0.25, 0.3) is 0 Å². The van der Waals surface area contributed by atoms with Crippen molar-refractivity contribution in [1.29, 1.82) is 0 Å². The van der Waals surface area contributed by atoms with Crippen LogP contribution in [0.5, 0.6) is 0 Å². The van der Waals surface area contributed by atoms with Crippen LogP contribution in [0.1, 0.15) is 65.9 Å². The molecule has 3 nitrogen and oxygen atoms in total. The number of rotatable bonds is 3. The van der Waals surface area contributed by atoms with Gasteiger partial charge >= 0.3 is 0 Å². The van der Waals surface area contributed by atoms with Crippen LogP contribution in [-0.4, -0.2) is 10.8 Å². The van der Waals surface area contributed by atoms with E-state index in [0.717, 1.165) is 37.1 Å². The number of Topliss-reactive ketones (excluding diaryl/α,β-unsaturated/α-hetero) is 1. The Bertz CT molecular complexity index is 779. The molecule has 0 unspecified atom stereocenters. The summed E-state index contributed by atoms with van der Waals surface area (Å²) in [6.45, 7) is 1.61. The van der Waals surface area contributed by atoms with Crippen LogP contribution in [0.15, 0.2) is 30.5 Å². The first-order valence-electron chi connectivity index (χ1n) is 8.20. The molecule has 1 saturated carbocycles. The molecule has 2 aromatic rings. The van der Waals surface area contributed by atoms with Crippen molar-refractivity contribution in [3.63, 3.8) is 0 Å². The van der Waals surface area contributed by atoms with Gasteiger partial charge in [0.1, 0.15) is 11.6 Å². The third-order valence-corrected chi connectivity index (χ3v) is 5.17. The quantitative estimate of drug-likeness (QED) is 0.818. The highest BCUT2D eigenvalue weighted by molar-refractivity contribution is 5.96. The normalized spacial score (nSPS) is 21.8. The minimum atomic E-state index is -0.272. The first kappa shape index (κ1) is 14.4. The Morgan fingerprint density at radius 3 is 2.52 bits per heavy atom. The molecule has 3 aliphatic rings. The monoisotopic (exact) mass is 310 g/mol. The Morgan fingerprint density at radius 2 is 1.87 bits per heavy atom. The molecule has 4 heteroatoms. The van der Waals surface area contributed by atoms with E-state index in [9.17, 15) is 9.18 Å². The minimum Gasteiger partial charge on any atom is -0.340 e. The van der Waals surface area contributed by atoms with Gasteiger partial charge in [-0.15, -0.1) is 0 Å². The average molecular weight is 310 g/mol. The lowest BCUT2D eigenvalue weighted by atomic mass is 9.66. The standard InChI is InChI=1S/C19H19FN2O/c1-11(23)16-10-21-19(22-15-4-2-3-14(20)9-15)18-13-7-5-12(6-8-13)17(16)18/h2-4,9-10,12-13H,5-8H2,1H3,(H,21,22). The number of anilines is 2. The number of ketones is 1. The number of aromatic nitrogens is 1. The second-order valence-corrected chi connectivity index (χ2v) is 6.59. The summed E-state index contributed by atoms with van der Waals surface area (Å²) in [5.74, 6) is 1.51. The fourth-order valence-electron chi connectivity index (χ4n) is 4.15. The van der Waals surface area contributed by atoms with Crippen LogP contribution in [0.4, 0.5) is 15.9 Å². The largest absolute Gasteiger partial charge is 0.340 e. The van der Waals surface area contributed by atoms with E-state index >= 15 is 0 Å². The molecule has 1 N–H and O–H groups in total. The second-order valence-electron chi connectivity index (χ2n) is 6.59. The van der Waals surface area contributed by atoms with Gasteiger partial charge < -0.3 is 5.32 Å². The molecule has 0 aliphatic heterocycles. The van der Waals surface area contributed by atoms with Gasteiger partial charge in [0.2, 0.25) is 0 Å². The molecule has 0 radical (unpaired) electrons. The van der Waals surface area contributed by atoms with E-state index in [1.165, 1.54) is 23.3 Å². The lowest BCUT2D eigenvalue weighted by Gasteiger charge is -2.40. The van der Waals surface area contributed by atoms with Gasteiger partial charge in [0, 0.05) is 23.0 Å². The van der Waals surface area contributed by atoms with Crippen LogP contribution in [0.2, 0.25) is 0 Å². The maximum absolute atomic E-state index is 13.4. The third-order valence-electron chi connectivity index (χ3n) is 5.17. The summed E-state index contributed by atoms with van der Waals surface area (Å²) >= 11 is 0. The van der Waals surface area contributed by atoms with Crippen LogP contribution in [0, 0.1) is 5.82 Å². The molecule has 2 bridgehead atoms. The van der Waals surface area contributed by atoms with Gasteiger partial charge in [-0.3, -0.25) is 4.79 Å². The number of nitrogens with zero attached hydrogens (tertiary/aromatic N) is 1. The Kier molecular flexibility index (Phi) is 3.40. The predicted molar refractivity (Wildman–Crippen MR) is 87.9 cm³/mol. The summed E-state index contributed by atoms with van der Waals surface area (Å²) in [5.41, 5.74) is 3.83. The zero-order valence-electron chi connectivity index (χ0n) is 13.1. The van der Waals surface area contributed by atoms with Gasteiger partial charge in [-0.25, -0.2) is 9.37 Å². The fraction of sp³-hybridized carbons (Fsp3) is 0.368. The molecular formula is C19H19FN2O. The van der Waals surface area contributed by atoms with E-state index in [1.807, 2.05) is 6.07 Å². The van der Waals surface area contributed by atoms with Crippen molar-refractivity contribution in [2.45, 2.75) is 44.4 Å². The molecule has 1 heterocycles. The van der Waals surface area contributed by atoms with Gasteiger partial charge in [-0.05, 0) is 68.2 Å². The van der Waals surface area contributed by atoms with E-state index in [0.29, 0.717) is 17.5 Å². The number of halogens is 1. The number of carbonyl (C=O) groups excluding carboxylic acids is 1. The summed E-state index contributed by atoms with van der Waals surface area (Å²) in [7, 11) is 0. The van der Waals surface area contributed by atoms with Crippen LogP contribution in [-0.2, 0) is 0 Å². The smallest absolute Gasteiger partial charge is 0.161 e. The second kappa shape index (κ2) is 5.44. The summed E-state index contributed by atoms with van der Waals surface area (Å²) in [6.07, 6.45) is 6.29. The zero-order valence-corrected chi connectivity index (χ0v) is 13.1. The average Bonchev–Trinajstić information content (AvgIpc) is 2.56. The number of carbonyl (C=O) groups is 1. The molecule has 1 fully saturated rings. The van der Waals surface area contributed by atoms with Crippen LogP contribution < -0.4 is 5.32 Å². The summed E-state index contributed by atoms with van der Waals surface area (Å²) in [5, 5.41) is 3.26. The first-order chi connectivity index (χ1) is 11.1. The molecule has 5 rings (SSSR count). The number of benzene rings is 1. The Morgan fingerprint density at radius 1 is 1.17 bits per heavy atom. The van der Waals surface area contributed by atoms with E-state index in [2.05, 4.69) is 10.3 Å². The predicted octanol–water partition coefficient (Wildman–Crippen LogP) is 4.92. The van der Waals surface area contributed by atoms with Gasteiger partial charge in [-0.1, -0.05) is 6.07 Å². The third kappa shape index (κ3) is 2.42. The van der Waals surface area contributed by atoms with Crippen LogP contribution >= 0.6 is 0 Å². The van der Waals surface area contributed by atoms with Crippen molar-refractivity contribution in [3.05, 3.63) is 53.0 Å². The van der Waals surface area contributed by atoms with Gasteiger partial charge in [0.05, 0.1) is 0 Å². The maximum Gasteiger partial charge on any atom is 0.161 e. The van der Waals surface area contributed by atoms with Crippen LogP contribution in [0.3, 0.4) is 0 Å². The Balaban J connectivity index is 1.83. The van der Waals surface area contributed by atoms with Crippen molar-refractivity contribution < 1.29 is 9.18 Å². The Labute approximate surface area is 134 Å². The minimum absolute atomic E-state index is 0.0820. The first-order valence-corrected chi connectivity index (χ1v) is 8.20. The fourth-order valence-corrected chi connectivity index (χ4v) is 4.15. The van der Waals surface area contributed by atoms with Crippen molar-refractivity contribution in [3.8, 4) is 0 Å². The molecule has 1 aromatic carbocycles. The van der Waals surface area contributed by atoms with Gasteiger partial charge in [-0.2, -0.15) is 0 Å². The highest BCUT2D eigenvalue weighted by atomic mass is 19.1. The molecule has 118 valence electrons. The highest BCUT2D eigenvalue weighted by Crippen LogP contribution is 2.52. The topological polar surface area (TPSA) is 42.0 Å². The molecule has 0 atom stereocenters. The molecule has 23 heavy (non-hydrogen) atoms. The van der Waals surface area contributed by atoms with E-state index in [4.69, 9.17) is 0 Å². The molecule has 0 amide bonds.